The van der Waals surface area contributed by atoms with Crippen molar-refractivity contribution in [1.29, 1.82) is 0 Å². The zero-order valence-corrected chi connectivity index (χ0v) is 39.0. The molecule has 0 unspecified atom stereocenters. The summed E-state index contributed by atoms with van der Waals surface area (Å²) in [5.74, 6) is 0.544. The number of anilines is 2. The first kappa shape index (κ1) is 33.9. The summed E-state index contributed by atoms with van der Waals surface area (Å²) in [6.45, 7) is 3.42. The van der Waals surface area contributed by atoms with E-state index in [9.17, 15) is 0 Å². The van der Waals surface area contributed by atoms with E-state index < -0.39 is 13.8 Å². The second-order valence-electron chi connectivity index (χ2n) is 17.7. The van der Waals surface area contributed by atoms with Gasteiger partial charge in [0.25, 0.3) is 0 Å². The van der Waals surface area contributed by atoms with Crippen LogP contribution in [0.25, 0.3) is 66.5 Å². The molecule has 6 nitrogen and oxygen atoms in total. The van der Waals surface area contributed by atoms with Crippen molar-refractivity contribution in [3.63, 3.8) is 0 Å². The van der Waals surface area contributed by atoms with E-state index in [2.05, 4.69) is 128 Å². The molecular formula is C59H44BN5OPt-2. The number of hydrogen-bond donors (Lipinski definition) is 0. The number of nitrogens with zero attached hydrogens (tertiary/aromatic N) is 5. The number of hydrogen-bond acceptors (Lipinski definition) is 3. The molecule has 1 aliphatic heterocycles. The van der Waals surface area contributed by atoms with E-state index in [1.165, 1.54) is 5.56 Å². The van der Waals surface area contributed by atoms with E-state index in [4.69, 9.17) is 19.3 Å². The Kier molecular flexibility index (Phi) is 8.18. The summed E-state index contributed by atoms with van der Waals surface area (Å²) in [6, 6.07) is 61.6. The van der Waals surface area contributed by atoms with Gasteiger partial charge in [-0.05, 0) is 11.4 Å². The van der Waals surface area contributed by atoms with Crippen molar-refractivity contribution in [3.05, 3.63) is 221 Å². The molecule has 4 heterocycles. The first-order valence-corrected chi connectivity index (χ1v) is 23.2. The Morgan fingerprint density at radius 3 is 2.10 bits per heavy atom. The van der Waals surface area contributed by atoms with Gasteiger partial charge in [0, 0.05) is 5.52 Å². The Labute approximate surface area is 411 Å². The van der Waals surface area contributed by atoms with Gasteiger partial charge >= 0.3 is 325 Å². The fourth-order valence-corrected chi connectivity index (χ4v) is 10.6. The third-order valence-corrected chi connectivity index (χ3v) is 13.6. The zero-order chi connectivity index (χ0) is 51.4. The zero-order valence-electron chi connectivity index (χ0n) is 43.7. The minimum atomic E-state index is -2.58. The van der Waals surface area contributed by atoms with Gasteiger partial charge < -0.3 is 0 Å². The van der Waals surface area contributed by atoms with Crippen molar-refractivity contribution in [1.82, 2.24) is 18.6 Å². The maximum atomic E-state index is 9.15. The van der Waals surface area contributed by atoms with Gasteiger partial charge in [-0.2, -0.15) is 12.1 Å². The van der Waals surface area contributed by atoms with Crippen LogP contribution in [0.15, 0.2) is 194 Å². The molecule has 0 amide bonds. The summed E-state index contributed by atoms with van der Waals surface area (Å²) >= 11 is 2.36. The molecule has 0 aliphatic carbocycles. The second-order valence-corrected chi connectivity index (χ2v) is 18.7. The number of imidazole rings is 1. The summed E-state index contributed by atoms with van der Waals surface area (Å²) in [4.78, 5) is 7.04. The molecule has 0 saturated heterocycles. The van der Waals surface area contributed by atoms with Crippen molar-refractivity contribution in [2.24, 2.45) is 0 Å². The van der Waals surface area contributed by atoms with Crippen LogP contribution >= 0.6 is 0 Å². The van der Waals surface area contributed by atoms with Crippen LogP contribution in [-0.2, 0) is 24.8 Å². The predicted octanol–water partition coefficient (Wildman–Crippen LogP) is 13.7. The molecule has 12 rings (SSSR count). The Balaban J connectivity index is 1.01. The summed E-state index contributed by atoms with van der Waals surface area (Å²) in [7, 11) is 0. The monoisotopic (exact) mass is 1050 g/mol. The molecule has 8 aromatic carbocycles. The fraction of sp³-hybridized carbons (Fsp3) is 0.0847. The average Bonchev–Trinajstić information content (AvgIpc) is 4.05. The third kappa shape index (κ3) is 6.83. The predicted molar refractivity (Wildman–Crippen MR) is 271 cm³/mol. The number of fused-ring (bicyclic) bond motifs is 4. The van der Waals surface area contributed by atoms with Gasteiger partial charge in [0.1, 0.15) is 0 Å². The summed E-state index contributed by atoms with van der Waals surface area (Å²) in [6.07, 6.45) is 0. The van der Waals surface area contributed by atoms with Gasteiger partial charge in [-0.3, -0.25) is 0 Å². The molecule has 0 radical (unpaired) electrons. The van der Waals surface area contributed by atoms with E-state index in [1.54, 1.807) is 30.3 Å². The summed E-state index contributed by atoms with van der Waals surface area (Å²) in [5, 5.41) is 1.09. The molecule has 0 spiro atoms. The first-order valence-electron chi connectivity index (χ1n) is 25.6. The van der Waals surface area contributed by atoms with Crippen molar-refractivity contribution in [3.8, 4) is 45.3 Å². The van der Waals surface area contributed by atoms with E-state index in [0.29, 0.717) is 39.0 Å². The van der Waals surface area contributed by atoms with E-state index in [-0.39, 0.29) is 46.8 Å². The molecule has 0 bridgehead atoms. The molecule has 3 aromatic heterocycles. The first-order chi connectivity index (χ1) is 35.6. The fourth-order valence-electron chi connectivity index (χ4n) is 9.49. The minimum absolute atomic E-state index is 0.0141. The number of aromatic nitrogens is 4. The number of para-hydroxylation sites is 4. The Bertz CT molecular complexity index is 4110. The molecule has 326 valence electrons. The number of rotatable bonds is 8. The van der Waals surface area contributed by atoms with Crippen LogP contribution < -0.4 is 15.0 Å². The molecule has 0 fully saturated rings. The number of ether oxygens (including phenoxy) is 1. The van der Waals surface area contributed by atoms with Crippen molar-refractivity contribution in [2.75, 3.05) is 4.81 Å². The van der Waals surface area contributed by atoms with Gasteiger partial charge in [0.2, 0.25) is 0 Å². The van der Waals surface area contributed by atoms with Gasteiger partial charge in [-0.25, -0.2) is 0 Å². The van der Waals surface area contributed by atoms with E-state index in [0.717, 1.165) is 48.2 Å². The Morgan fingerprint density at radius 1 is 0.672 bits per heavy atom. The molecule has 0 saturated carbocycles. The molecule has 1 aliphatic rings. The molecule has 0 N–H and O–H groups in total. The third-order valence-electron chi connectivity index (χ3n) is 12.6. The second kappa shape index (κ2) is 16.1. The molecule has 0 atom stereocenters. The number of aryl methyl sites for hydroxylation is 1. The van der Waals surface area contributed by atoms with Crippen LogP contribution in [0.2, 0.25) is 0 Å². The molecular weight excluding hydrogens is 1000 g/mol. The van der Waals surface area contributed by atoms with Crippen LogP contribution in [-0.4, -0.2) is 25.6 Å². The number of pyridine rings is 1. The van der Waals surface area contributed by atoms with Crippen LogP contribution in [0.1, 0.15) is 41.5 Å². The number of benzene rings is 8. The average molecular weight is 1050 g/mol. The standard InChI is InChI=1S/C59H44BN5O.Pt/c1-40-32-37-45(62-39-63(52-28-14-13-27-51(52)62)57-46(41-18-7-5-8-19-41)23-15-24-47(57)42-33-35-43(36-34-42)59(2,3)4)38-54(40)66-56-31-17-30-55(61-56)64-53-29-16-25-49-48-22-11-12-26-50(48)65(58(49)53)60(64)44-20-9-6-10-21-44;/h5-28,30-37H,1-4H3;/q-2;/i1D3,11D,12D,22D,26D;. The SMILES string of the molecule is [2H]c1c([2H])c([2H])c2c(c1[2H])c1cc[c-]c3c1n2B(c1ccccc1)N3c1cccc(Oc2[c-]c(-n3[c](=[Pt])n(-c4c(-c5ccccc5)cccc4-c4ccc(C(C)(C)C)cc4)c4ccccc43)ccc2C([2H])([2H])[2H])n1. The van der Waals surface area contributed by atoms with Gasteiger partial charge in [0.15, 0.2) is 0 Å². The van der Waals surface area contributed by atoms with Crippen LogP contribution in [0.3, 0.4) is 0 Å². The van der Waals surface area contributed by atoms with Crippen LogP contribution in [0.5, 0.6) is 11.6 Å². The topological polar surface area (TPSA) is 40.1 Å². The summed E-state index contributed by atoms with van der Waals surface area (Å²) in [5.41, 5.74) is 11.2. The Morgan fingerprint density at radius 2 is 1.36 bits per heavy atom. The molecule has 67 heavy (non-hydrogen) atoms. The maximum absolute atomic E-state index is 9.15. The van der Waals surface area contributed by atoms with Gasteiger partial charge in [-0.1, -0.05) is 48.5 Å². The molecule has 11 aromatic rings. The van der Waals surface area contributed by atoms with Gasteiger partial charge in [-0.15, -0.1) is 5.39 Å². The van der Waals surface area contributed by atoms with Crippen molar-refractivity contribution < 1.29 is 33.7 Å². The van der Waals surface area contributed by atoms with Crippen molar-refractivity contribution >= 4 is 56.8 Å². The van der Waals surface area contributed by atoms with E-state index in [1.807, 2.05) is 82.1 Å². The normalized spacial score (nSPS) is 14.2. The van der Waals surface area contributed by atoms with Gasteiger partial charge in [0.05, 0.1) is 5.48 Å². The van der Waals surface area contributed by atoms with Crippen LogP contribution in [0, 0.1) is 22.8 Å². The quantitative estimate of drug-likeness (QED) is 0.112. The van der Waals surface area contributed by atoms with Crippen LogP contribution in [0.4, 0.5) is 11.5 Å². The molecule has 8 heteroatoms. The van der Waals surface area contributed by atoms with Crippen molar-refractivity contribution in [2.45, 2.75) is 33.0 Å². The Hall–Kier alpha value is -7.47. The summed E-state index contributed by atoms with van der Waals surface area (Å²) < 4.78 is 75.1. The van der Waals surface area contributed by atoms with E-state index >= 15 is 0 Å².